The molecule has 1 aliphatic heterocycles. The molecule has 1 aromatic carbocycles. The summed E-state index contributed by atoms with van der Waals surface area (Å²) in [7, 11) is 0. The van der Waals surface area contributed by atoms with Gasteiger partial charge < -0.3 is 10.0 Å². The molecule has 21 heavy (non-hydrogen) atoms. The van der Waals surface area contributed by atoms with Gasteiger partial charge in [0.25, 0.3) is 0 Å². The van der Waals surface area contributed by atoms with E-state index in [0.29, 0.717) is 0 Å². The zero-order chi connectivity index (χ0) is 15.9. The molecular weight excluding hydrogens is 269 g/mol. The van der Waals surface area contributed by atoms with Crippen molar-refractivity contribution in [3.8, 4) is 0 Å². The summed E-state index contributed by atoms with van der Waals surface area (Å²) < 4.78 is 13.3. The van der Waals surface area contributed by atoms with Gasteiger partial charge in [-0.15, -0.1) is 0 Å². The molecule has 3 nitrogen and oxygen atoms in total. The van der Waals surface area contributed by atoms with Crippen LogP contribution in [0.15, 0.2) is 12.1 Å². The van der Waals surface area contributed by atoms with E-state index in [-0.39, 0.29) is 28.6 Å². The maximum absolute atomic E-state index is 13.3. The zero-order valence-corrected chi connectivity index (χ0v) is 13.4. The number of hydrogen-bond acceptors (Lipinski definition) is 2. The Hall–Kier alpha value is -1.58. The smallest absolute Gasteiger partial charge is 0.336 e. The minimum Gasteiger partial charge on any atom is -0.478 e. The molecule has 116 valence electrons. The Morgan fingerprint density at radius 3 is 2.57 bits per heavy atom. The molecule has 0 fully saturated rings. The Bertz CT molecular complexity index is 566. The van der Waals surface area contributed by atoms with Crippen LogP contribution < -0.4 is 4.90 Å². The van der Waals surface area contributed by atoms with Gasteiger partial charge in [-0.3, -0.25) is 0 Å². The average Bonchev–Trinajstić information content (AvgIpc) is 2.35. The number of aromatic carboxylic acids is 1. The molecule has 0 aromatic heterocycles. The number of halogens is 1. The molecular formula is C17H24FNO2. The molecule has 0 bridgehead atoms. The van der Waals surface area contributed by atoms with Gasteiger partial charge in [0.05, 0.1) is 5.56 Å². The maximum Gasteiger partial charge on any atom is 0.336 e. The molecule has 1 atom stereocenters. The van der Waals surface area contributed by atoms with Crippen LogP contribution in [-0.2, 0) is 6.67 Å². The van der Waals surface area contributed by atoms with Crippen LogP contribution in [0.1, 0.15) is 68.4 Å². The monoisotopic (exact) mass is 293 g/mol. The molecule has 0 unspecified atom stereocenters. The summed E-state index contributed by atoms with van der Waals surface area (Å²) in [6, 6.07) is 3.67. The van der Waals surface area contributed by atoms with Crippen LogP contribution in [0.2, 0.25) is 0 Å². The molecule has 1 N–H and O–H groups in total. The van der Waals surface area contributed by atoms with Crippen molar-refractivity contribution in [2.24, 2.45) is 0 Å². The lowest BCUT2D eigenvalue weighted by Gasteiger charge is -2.50. The van der Waals surface area contributed by atoms with Gasteiger partial charge in [0.2, 0.25) is 0 Å². The fourth-order valence-corrected chi connectivity index (χ4v) is 3.82. The highest BCUT2D eigenvalue weighted by atomic mass is 19.1. The first-order chi connectivity index (χ1) is 9.69. The van der Waals surface area contributed by atoms with E-state index in [1.54, 1.807) is 12.1 Å². The molecule has 1 heterocycles. The number of carbonyl (C=O) groups is 1. The average molecular weight is 293 g/mol. The van der Waals surface area contributed by atoms with E-state index in [1.165, 1.54) is 0 Å². The van der Waals surface area contributed by atoms with Crippen LogP contribution in [0.3, 0.4) is 0 Å². The summed E-state index contributed by atoms with van der Waals surface area (Å²) in [6.07, 6.45) is 0.951. The van der Waals surface area contributed by atoms with E-state index in [4.69, 9.17) is 0 Å². The van der Waals surface area contributed by atoms with Crippen molar-refractivity contribution in [1.29, 1.82) is 0 Å². The van der Waals surface area contributed by atoms with Crippen LogP contribution in [0, 0.1) is 0 Å². The third kappa shape index (κ3) is 2.63. The van der Waals surface area contributed by atoms with Gasteiger partial charge in [-0.1, -0.05) is 6.92 Å². The lowest BCUT2D eigenvalue weighted by molar-refractivity contribution is 0.0694. The van der Waals surface area contributed by atoms with E-state index in [1.807, 2.05) is 0 Å². The minimum absolute atomic E-state index is 0.0289. The summed E-state index contributed by atoms with van der Waals surface area (Å²) in [4.78, 5) is 13.6. The molecule has 0 saturated heterocycles. The summed E-state index contributed by atoms with van der Waals surface area (Å²) >= 11 is 0. The molecule has 1 aliphatic rings. The van der Waals surface area contributed by atoms with Crippen LogP contribution >= 0.6 is 0 Å². The normalized spacial score (nSPS) is 20.5. The number of anilines is 1. The Kier molecular flexibility index (Phi) is 4.00. The SMILES string of the molecule is CC(C)N1c2cc(CF)c(C(=O)O)cc2[C@@H](C)CC1(C)C. The summed E-state index contributed by atoms with van der Waals surface area (Å²) in [5.74, 6) is -0.796. The second-order valence-corrected chi connectivity index (χ2v) is 6.89. The number of nitrogens with zero attached hydrogens (tertiary/aromatic N) is 1. The van der Waals surface area contributed by atoms with Gasteiger partial charge in [0.15, 0.2) is 0 Å². The first-order valence-corrected chi connectivity index (χ1v) is 7.44. The third-order valence-corrected chi connectivity index (χ3v) is 4.39. The first kappa shape index (κ1) is 15.8. The predicted molar refractivity (Wildman–Crippen MR) is 82.9 cm³/mol. The Balaban J connectivity index is 2.69. The maximum atomic E-state index is 13.3. The molecule has 0 aliphatic carbocycles. The highest BCUT2D eigenvalue weighted by Gasteiger charge is 2.38. The van der Waals surface area contributed by atoms with Gasteiger partial charge in [-0.2, -0.15) is 0 Å². The number of carboxylic acid groups (broad SMARTS) is 1. The first-order valence-electron chi connectivity index (χ1n) is 7.44. The van der Waals surface area contributed by atoms with Gasteiger partial charge in [0.1, 0.15) is 6.67 Å². The lowest BCUT2D eigenvalue weighted by Crippen LogP contribution is -2.52. The van der Waals surface area contributed by atoms with Crippen LogP contribution in [0.25, 0.3) is 0 Å². The number of alkyl halides is 1. The van der Waals surface area contributed by atoms with Crippen molar-refractivity contribution in [1.82, 2.24) is 0 Å². The number of benzene rings is 1. The highest BCUT2D eigenvalue weighted by molar-refractivity contribution is 5.91. The van der Waals surface area contributed by atoms with Crippen LogP contribution in [0.4, 0.5) is 10.1 Å². The standard InChI is InChI=1S/C17H24FNO2/c1-10(2)19-15-6-12(9-18)14(16(20)21)7-13(15)11(3)8-17(19,4)5/h6-7,10-11H,8-9H2,1-5H3,(H,20,21)/t11-/m0/s1. The Labute approximate surface area is 125 Å². The fraction of sp³-hybridized carbons (Fsp3) is 0.588. The van der Waals surface area contributed by atoms with Crippen LogP contribution in [-0.4, -0.2) is 22.7 Å². The topological polar surface area (TPSA) is 40.5 Å². The molecule has 0 amide bonds. The van der Waals surface area contributed by atoms with E-state index in [0.717, 1.165) is 17.7 Å². The molecule has 0 radical (unpaired) electrons. The van der Waals surface area contributed by atoms with Gasteiger partial charge in [-0.25, -0.2) is 9.18 Å². The quantitative estimate of drug-likeness (QED) is 0.900. The van der Waals surface area contributed by atoms with E-state index in [2.05, 4.69) is 39.5 Å². The molecule has 1 aromatic rings. The van der Waals surface area contributed by atoms with Gasteiger partial charge in [0, 0.05) is 17.3 Å². The van der Waals surface area contributed by atoms with Crippen LogP contribution in [0.5, 0.6) is 0 Å². The summed E-state index contributed by atoms with van der Waals surface area (Å²) in [5.41, 5.74) is 2.31. The van der Waals surface area contributed by atoms with E-state index >= 15 is 0 Å². The Morgan fingerprint density at radius 2 is 2.10 bits per heavy atom. The van der Waals surface area contributed by atoms with Crippen molar-refractivity contribution < 1.29 is 14.3 Å². The van der Waals surface area contributed by atoms with Gasteiger partial charge >= 0.3 is 5.97 Å². The number of hydrogen-bond donors (Lipinski definition) is 1. The fourth-order valence-electron chi connectivity index (χ4n) is 3.82. The minimum atomic E-state index is -1.06. The third-order valence-electron chi connectivity index (χ3n) is 4.39. The largest absolute Gasteiger partial charge is 0.478 e. The zero-order valence-electron chi connectivity index (χ0n) is 13.4. The number of rotatable bonds is 3. The summed E-state index contributed by atoms with van der Waals surface area (Å²) in [6.45, 7) is 9.96. The molecule has 0 saturated carbocycles. The molecule has 0 spiro atoms. The van der Waals surface area contributed by atoms with E-state index < -0.39 is 12.6 Å². The molecule has 4 heteroatoms. The highest BCUT2D eigenvalue weighted by Crippen LogP contribution is 2.45. The lowest BCUT2D eigenvalue weighted by atomic mass is 9.78. The van der Waals surface area contributed by atoms with Crippen molar-refractivity contribution in [2.45, 2.75) is 65.2 Å². The molecule has 2 rings (SSSR count). The van der Waals surface area contributed by atoms with Gasteiger partial charge in [-0.05, 0) is 63.3 Å². The number of fused-ring (bicyclic) bond motifs is 1. The van der Waals surface area contributed by atoms with Crippen molar-refractivity contribution in [3.63, 3.8) is 0 Å². The van der Waals surface area contributed by atoms with Crippen molar-refractivity contribution in [3.05, 3.63) is 28.8 Å². The number of carboxylic acids is 1. The predicted octanol–water partition coefficient (Wildman–Crippen LogP) is 4.35. The summed E-state index contributed by atoms with van der Waals surface area (Å²) in [5, 5.41) is 9.28. The van der Waals surface area contributed by atoms with Crippen molar-refractivity contribution in [2.75, 3.05) is 4.90 Å². The van der Waals surface area contributed by atoms with Crippen molar-refractivity contribution >= 4 is 11.7 Å². The second-order valence-electron chi connectivity index (χ2n) is 6.89. The Morgan fingerprint density at radius 1 is 1.48 bits per heavy atom. The van der Waals surface area contributed by atoms with E-state index in [9.17, 15) is 14.3 Å². The second kappa shape index (κ2) is 5.32.